The van der Waals surface area contributed by atoms with Gasteiger partial charge >= 0.3 is 0 Å². The Morgan fingerprint density at radius 1 is 1.24 bits per heavy atom. The Kier molecular flexibility index (Phi) is 4.15. The Morgan fingerprint density at radius 2 is 1.94 bits per heavy atom. The molecule has 92 valence electrons. The largest absolute Gasteiger partial charge is 0.396 e. The number of aliphatic hydroxyl groups is 1. The van der Waals surface area contributed by atoms with Gasteiger partial charge in [0.05, 0.1) is 0 Å². The molecule has 0 radical (unpaired) electrons. The van der Waals surface area contributed by atoms with Crippen LogP contribution in [0.3, 0.4) is 0 Å². The minimum atomic E-state index is -0.0315. The second-order valence-corrected chi connectivity index (χ2v) is 4.67. The maximum absolute atomic E-state index is 12.0. The second-order valence-electron chi connectivity index (χ2n) is 4.67. The summed E-state index contributed by atoms with van der Waals surface area (Å²) in [7, 11) is 0. The smallest absolute Gasteiger partial charge is 0.251 e. The highest BCUT2D eigenvalue weighted by molar-refractivity contribution is 5.94. The number of carbonyl (C=O) groups excluding carboxylic acids is 1. The van der Waals surface area contributed by atoms with Crippen molar-refractivity contribution in [3.05, 3.63) is 35.9 Å². The quantitative estimate of drug-likeness (QED) is 0.838. The molecule has 0 aliphatic heterocycles. The lowest BCUT2D eigenvalue weighted by atomic mass is 9.85. The van der Waals surface area contributed by atoms with Crippen LogP contribution in [0.25, 0.3) is 0 Å². The highest BCUT2D eigenvalue weighted by Crippen LogP contribution is 2.24. The molecule has 1 aromatic carbocycles. The van der Waals surface area contributed by atoms with Gasteiger partial charge in [0.15, 0.2) is 0 Å². The van der Waals surface area contributed by atoms with E-state index in [4.69, 9.17) is 0 Å². The van der Waals surface area contributed by atoms with Crippen molar-refractivity contribution in [3.8, 4) is 0 Å². The summed E-state index contributed by atoms with van der Waals surface area (Å²) in [4.78, 5) is 12.0. The zero-order chi connectivity index (χ0) is 12.1. The number of amides is 1. The lowest BCUT2D eigenvalue weighted by Crippen LogP contribution is -2.43. The Labute approximate surface area is 102 Å². The van der Waals surface area contributed by atoms with Crippen molar-refractivity contribution in [2.75, 3.05) is 6.61 Å². The molecule has 3 heteroatoms. The van der Waals surface area contributed by atoms with Crippen LogP contribution in [0.4, 0.5) is 0 Å². The molecule has 3 nitrogen and oxygen atoms in total. The van der Waals surface area contributed by atoms with E-state index in [0.717, 1.165) is 25.7 Å². The molecule has 0 heterocycles. The third-order valence-electron chi connectivity index (χ3n) is 3.50. The number of nitrogens with one attached hydrogen (secondary N) is 1. The second kappa shape index (κ2) is 5.82. The molecule has 1 amide bonds. The molecule has 0 spiro atoms. The summed E-state index contributed by atoms with van der Waals surface area (Å²) in [5.74, 6) is 0.187. The van der Waals surface area contributed by atoms with Crippen LogP contribution in [0.5, 0.6) is 0 Å². The van der Waals surface area contributed by atoms with Crippen LogP contribution in [-0.4, -0.2) is 23.7 Å². The van der Waals surface area contributed by atoms with Gasteiger partial charge < -0.3 is 10.4 Å². The summed E-state index contributed by atoms with van der Waals surface area (Å²) >= 11 is 0. The summed E-state index contributed by atoms with van der Waals surface area (Å²) in [6.07, 6.45) is 4.28. The first-order chi connectivity index (χ1) is 8.31. The van der Waals surface area contributed by atoms with E-state index in [-0.39, 0.29) is 24.5 Å². The van der Waals surface area contributed by atoms with E-state index < -0.39 is 0 Å². The van der Waals surface area contributed by atoms with Crippen molar-refractivity contribution >= 4 is 5.91 Å². The van der Waals surface area contributed by atoms with Crippen molar-refractivity contribution in [3.63, 3.8) is 0 Å². The van der Waals surface area contributed by atoms with E-state index in [1.807, 2.05) is 30.3 Å². The van der Waals surface area contributed by atoms with Gasteiger partial charge in [0.1, 0.15) is 0 Å². The lowest BCUT2D eigenvalue weighted by Gasteiger charge is -2.30. The van der Waals surface area contributed by atoms with Gasteiger partial charge in [-0.2, -0.15) is 0 Å². The molecule has 2 rings (SSSR count). The van der Waals surface area contributed by atoms with Crippen molar-refractivity contribution < 1.29 is 9.90 Å². The average molecular weight is 233 g/mol. The van der Waals surface area contributed by atoms with Gasteiger partial charge in [-0.25, -0.2) is 0 Å². The van der Waals surface area contributed by atoms with Crippen LogP contribution < -0.4 is 5.32 Å². The number of benzene rings is 1. The molecule has 2 N–H and O–H groups in total. The number of aliphatic hydroxyl groups excluding tert-OH is 1. The Morgan fingerprint density at radius 3 is 2.65 bits per heavy atom. The number of rotatable bonds is 3. The fourth-order valence-electron chi connectivity index (χ4n) is 2.46. The van der Waals surface area contributed by atoms with Crippen LogP contribution in [0.2, 0.25) is 0 Å². The van der Waals surface area contributed by atoms with Gasteiger partial charge in [-0.1, -0.05) is 31.0 Å². The Bertz CT molecular complexity index is 364. The Balaban J connectivity index is 1.98. The molecule has 0 aromatic heterocycles. The first-order valence-corrected chi connectivity index (χ1v) is 6.28. The minimum absolute atomic E-state index is 0.0315. The first kappa shape index (κ1) is 12.1. The molecule has 1 aromatic rings. The first-order valence-electron chi connectivity index (χ1n) is 6.28. The van der Waals surface area contributed by atoms with E-state index >= 15 is 0 Å². The van der Waals surface area contributed by atoms with Gasteiger partial charge in [-0.15, -0.1) is 0 Å². The van der Waals surface area contributed by atoms with E-state index in [2.05, 4.69) is 5.32 Å². The van der Waals surface area contributed by atoms with Crippen LogP contribution in [-0.2, 0) is 0 Å². The number of hydrogen-bond acceptors (Lipinski definition) is 2. The van der Waals surface area contributed by atoms with Gasteiger partial charge in [-0.3, -0.25) is 4.79 Å². The van der Waals surface area contributed by atoms with E-state index in [0.29, 0.717) is 5.56 Å². The molecule has 1 aliphatic carbocycles. The van der Waals surface area contributed by atoms with Crippen molar-refractivity contribution in [2.24, 2.45) is 5.92 Å². The SMILES string of the molecule is O=C(N[C@@H]1CCCC[C@H]1CO)c1ccccc1. The zero-order valence-electron chi connectivity index (χ0n) is 9.93. The van der Waals surface area contributed by atoms with Gasteiger partial charge in [0, 0.05) is 24.1 Å². The van der Waals surface area contributed by atoms with Gasteiger partial charge in [-0.05, 0) is 25.0 Å². The molecule has 0 saturated heterocycles. The summed E-state index contributed by atoms with van der Waals surface area (Å²) in [6.45, 7) is 0.166. The number of hydrogen-bond donors (Lipinski definition) is 2. The summed E-state index contributed by atoms with van der Waals surface area (Å²) in [5, 5.41) is 12.3. The topological polar surface area (TPSA) is 49.3 Å². The van der Waals surface area contributed by atoms with Crippen LogP contribution in [0.1, 0.15) is 36.0 Å². The van der Waals surface area contributed by atoms with Crippen molar-refractivity contribution in [1.29, 1.82) is 0 Å². The molecule has 1 fully saturated rings. The zero-order valence-corrected chi connectivity index (χ0v) is 9.93. The molecule has 0 unspecified atom stereocenters. The van der Waals surface area contributed by atoms with E-state index in [1.165, 1.54) is 0 Å². The predicted octanol–water partition coefficient (Wildman–Crippen LogP) is 1.97. The van der Waals surface area contributed by atoms with Gasteiger partial charge in [0.25, 0.3) is 5.91 Å². The van der Waals surface area contributed by atoms with Crippen LogP contribution in [0, 0.1) is 5.92 Å². The van der Waals surface area contributed by atoms with Crippen LogP contribution >= 0.6 is 0 Å². The van der Waals surface area contributed by atoms with Gasteiger partial charge in [0.2, 0.25) is 0 Å². The molecule has 0 bridgehead atoms. The molecular weight excluding hydrogens is 214 g/mol. The third-order valence-corrected chi connectivity index (χ3v) is 3.50. The van der Waals surface area contributed by atoms with E-state index in [9.17, 15) is 9.90 Å². The summed E-state index contributed by atoms with van der Waals surface area (Å²) in [5.41, 5.74) is 0.690. The monoisotopic (exact) mass is 233 g/mol. The minimum Gasteiger partial charge on any atom is -0.396 e. The fraction of sp³-hybridized carbons (Fsp3) is 0.500. The third kappa shape index (κ3) is 3.07. The molecule has 1 saturated carbocycles. The number of carbonyl (C=O) groups is 1. The molecule has 2 atom stereocenters. The lowest BCUT2D eigenvalue weighted by molar-refractivity contribution is 0.0872. The fourth-order valence-corrected chi connectivity index (χ4v) is 2.46. The highest BCUT2D eigenvalue weighted by atomic mass is 16.3. The standard InChI is InChI=1S/C14H19NO2/c16-10-12-8-4-5-9-13(12)15-14(17)11-6-2-1-3-7-11/h1-3,6-7,12-13,16H,4-5,8-10H2,(H,15,17)/t12-,13+/m0/s1. The van der Waals surface area contributed by atoms with E-state index in [1.54, 1.807) is 0 Å². The van der Waals surface area contributed by atoms with Crippen molar-refractivity contribution in [1.82, 2.24) is 5.32 Å². The van der Waals surface area contributed by atoms with Crippen LogP contribution in [0.15, 0.2) is 30.3 Å². The molecule has 17 heavy (non-hydrogen) atoms. The maximum atomic E-state index is 12.0. The molecular formula is C14H19NO2. The average Bonchev–Trinajstić information content (AvgIpc) is 2.40. The summed E-state index contributed by atoms with van der Waals surface area (Å²) in [6, 6.07) is 9.37. The summed E-state index contributed by atoms with van der Waals surface area (Å²) < 4.78 is 0. The normalized spacial score (nSPS) is 24.3. The predicted molar refractivity (Wildman–Crippen MR) is 66.7 cm³/mol. The maximum Gasteiger partial charge on any atom is 0.251 e. The highest BCUT2D eigenvalue weighted by Gasteiger charge is 2.25. The Hall–Kier alpha value is -1.35. The molecule has 1 aliphatic rings. The van der Waals surface area contributed by atoms with Crippen molar-refractivity contribution in [2.45, 2.75) is 31.7 Å².